The third-order valence-electron chi connectivity index (χ3n) is 4.07. The Kier molecular flexibility index (Phi) is 11.3. The van der Waals surface area contributed by atoms with E-state index >= 15 is 0 Å². The van der Waals surface area contributed by atoms with Crippen LogP contribution in [0.5, 0.6) is 5.75 Å². The molecule has 2 heterocycles. The number of rotatable bonds is 8. The van der Waals surface area contributed by atoms with Crippen LogP contribution in [0.1, 0.15) is 24.1 Å². The molecule has 3 aromatic rings. The number of aliphatic hydroxyl groups is 2. The Morgan fingerprint density at radius 2 is 1.78 bits per heavy atom. The van der Waals surface area contributed by atoms with Crippen molar-refractivity contribution in [3.05, 3.63) is 47.8 Å². The molecule has 0 amide bonds. The third-order valence-corrected chi connectivity index (χ3v) is 5.23. The maximum atomic E-state index is 12.5. The van der Waals surface area contributed by atoms with Gasteiger partial charge in [0.25, 0.3) is 0 Å². The molecule has 0 aliphatic carbocycles. The number of benzene rings is 1. The van der Waals surface area contributed by atoms with Crippen molar-refractivity contribution < 1.29 is 37.8 Å². The molecule has 178 valence electrons. The topological polar surface area (TPSA) is 140 Å². The highest BCUT2D eigenvalue weighted by atomic mass is 32.2. The summed E-state index contributed by atoms with van der Waals surface area (Å²) in [6.45, 7) is 0.592. The number of H-pyrrole nitrogens is 1. The molecule has 0 spiro atoms. The highest BCUT2D eigenvalue weighted by Gasteiger charge is 2.29. The van der Waals surface area contributed by atoms with Gasteiger partial charge in [-0.2, -0.15) is 13.2 Å². The smallest absolute Gasteiger partial charge is 0.422 e. The van der Waals surface area contributed by atoms with Gasteiger partial charge in [-0.15, -0.1) is 0 Å². The Hall–Kier alpha value is -2.54. The van der Waals surface area contributed by atoms with Crippen molar-refractivity contribution in [1.82, 2.24) is 15.0 Å². The Morgan fingerprint density at radius 3 is 2.38 bits per heavy atom. The number of hydrogen-bond donors (Lipinski definition) is 3. The fraction of sp³-hybridized carbons (Fsp3) is 0.400. The van der Waals surface area contributed by atoms with Gasteiger partial charge in [-0.05, 0) is 38.0 Å². The number of unbranched alkanes of at least 4 members (excludes halogenated alkanes) is 1. The lowest BCUT2D eigenvalue weighted by Gasteiger charge is -2.13. The molecule has 2 aromatic heterocycles. The van der Waals surface area contributed by atoms with Crippen LogP contribution in [0.2, 0.25) is 0 Å². The minimum absolute atomic E-state index is 0. The van der Waals surface area contributed by atoms with Crippen LogP contribution in [0.3, 0.4) is 0 Å². The summed E-state index contributed by atoms with van der Waals surface area (Å²) in [5.41, 5.74) is 2.28. The number of aliphatic hydroxyl groups excluding tert-OH is 2. The van der Waals surface area contributed by atoms with Crippen molar-refractivity contribution >= 4 is 21.8 Å². The molecule has 8 nitrogen and oxygen atoms in total. The summed E-state index contributed by atoms with van der Waals surface area (Å²) in [7, 11) is -1.51. The number of imidazole rings is 1. The summed E-state index contributed by atoms with van der Waals surface area (Å²) in [4.78, 5) is 11.3. The molecular weight excluding hydrogens is 451 g/mol. The first-order valence-electron chi connectivity index (χ1n) is 9.44. The predicted molar refractivity (Wildman–Crippen MR) is 114 cm³/mol. The summed E-state index contributed by atoms with van der Waals surface area (Å²) in [5.74, 6) is 0.0958. The van der Waals surface area contributed by atoms with Crippen LogP contribution in [0.25, 0.3) is 11.0 Å². The second-order valence-electron chi connectivity index (χ2n) is 6.49. The molecule has 0 aliphatic rings. The number of fused-ring (bicyclic) bond motifs is 1. The van der Waals surface area contributed by atoms with Crippen molar-refractivity contribution in [2.45, 2.75) is 36.9 Å². The Morgan fingerprint density at radius 1 is 1.12 bits per heavy atom. The van der Waals surface area contributed by atoms with Crippen LogP contribution >= 0.6 is 0 Å². The fourth-order valence-corrected chi connectivity index (χ4v) is 3.57. The molecule has 0 bridgehead atoms. The maximum absolute atomic E-state index is 12.5. The van der Waals surface area contributed by atoms with Gasteiger partial charge in [0.2, 0.25) is 0 Å². The molecule has 0 unspecified atom stereocenters. The zero-order chi connectivity index (χ0) is 22.9. The molecule has 1 aromatic carbocycles. The number of alkyl halides is 3. The molecule has 12 heteroatoms. The number of hydrogen-bond acceptors (Lipinski definition) is 6. The second kappa shape index (κ2) is 13.1. The van der Waals surface area contributed by atoms with E-state index in [-0.39, 0.29) is 30.2 Å². The van der Waals surface area contributed by atoms with Gasteiger partial charge in [0.15, 0.2) is 11.8 Å². The van der Waals surface area contributed by atoms with E-state index < -0.39 is 23.6 Å². The molecule has 32 heavy (non-hydrogen) atoms. The lowest BCUT2D eigenvalue weighted by Crippen LogP contribution is -2.19. The van der Waals surface area contributed by atoms with Gasteiger partial charge >= 0.3 is 6.18 Å². The minimum Gasteiger partial charge on any atom is -0.484 e. The molecule has 5 N–H and O–H groups in total. The lowest BCUT2D eigenvalue weighted by atomic mass is 10.2. The number of aromatic amines is 1. The fourth-order valence-electron chi connectivity index (χ4n) is 2.47. The molecule has 0 radical (unpaired) electrons. The Bertz CT molecular complexity index is 961. The highest BCUT2D eigenvalue weighted by Crippen LogP contribution is 2.24. The van der Waals surface area contributed by atoms with Crippen LogP contribution in [-0.4, -0.2) is 60.8 Å². The normalized spacial score (nSPS) is 11.9. The number of para-hydroxylation sites is 2. The van der Waals surface area contributed by atoms with E-state index in [1.165, 1.54) is 12.3 Å². The van der Waals surface area contributed by atoms with Crippen LogP contribution in [0.4, 0.5) is 13.2 Å². The van der Waals surface area contributed by atoms with Crippen molar-refractivity contribution in [1.29, 1.82) is 0 Å². The molecule has 0 aliphatic heterocycles. The summed E-state index contributed by atoms with van der Waals surface area (Å²) in [6, 6.07) is 8.62. The van der Waals surface area contributed by atoms with E-state index in [9.17, 15) is 17.4 Å². The van der Waals surface area contributed by atoms with Gasteiger partial charge in [0.1, 0.15) is 5.75 Å². The summed E-state index contributed by atoms with van der Waals surface area (Å²) >= 11 is 0. The Labute approximate surface area is 185 Å². The molecular formula is C20H26F3N3O5S. The standard InChI is InChI=1S/C16H14F3N3O2S.C4H10O2.H2O/c1-10-13(20-7-6-14(10)24-9-16(17,18)19)8-25(23)15-21-11-4-2-3-5-12(11)22-15;5-3-1-2-4-6;/h2-7H,8-9H2,1H3,(H,21,22);5-6H,1-4H2;1H2/t25-;;/m1../s1. The average Bonchev–Trinajstić information content (AvgIpc) is 3.17. The lowest BCUT2D eigenvalue weighted by molar-refractivity contribution is -0.153. The number of halogens is 3. The highest BCUT2D eigenvalue weighted by molar-refractivity contribution is 7.84. The van der Waals surface area contributed by atoms with Gasteiger partial charge in [-0.25, -0.2) is 4.98 Å². The van der Waals surface area contributed by atoms with E-state index in [0.29, 0.717) is 21.9 Å². The largest absolute Gasteiger partial charge is 0.484 e. The third kappa shape index (κ3) is 8.54. The zero-order valence-electron chi connectivity index (χ0n) is 17.4. The van der Waals surface area contributed by atoms with Crippen molar-refractivity contribution in [2.75, 3.05) is 19.8 Å². The quantitative estimate of drug-likeness (QED) is 0.426. The monoisotopic (exact) mass is 477 g/mol. The van der Waals surface area contributed by atoms with E-state index in [4.69, 9.17) is 14.9 Å². The molecule has 1 atom stereocenters. The molecule has 0 saturated carbocycles. The number of nitrogens with one attached hydrogen (secondary N) is 1. The van der Waals surface area contributed by atoms with Gasteiger partial charge in [-0.1, -0.05) is 12.1 Å². The van der Waals surface area contributed by atoms with Gasteiger partial charge in [0.05, 0.1) is 33.3 Å². The minimum atomic E-state index is -4.42. The first-order valence-corrected chi connectivity index (χ1v) is 10.8. The molecule has 0 fully saturated rings. The van der Waals surface area contributed by atoms with Gasteiger partial charge < -0.3 is 25.4 Å². The number of aromatic nitrogens is 3. The van der Waals surface area contributed by atoms with Crippen LogP contribution in [0.15, 0.2) is 41.7 Å². The summed E-state index contributed by atoms with van der Waals surface area (Å²) < 4.78 is 54.2. The van der Waals surface area contributed by atoms with Crippen molar-refractivity contribution in [2.24, 2.45) is 0 Å². The summed E-state index contributed by atoms with van der Waals surface area (Å²) in [6.07, 6.45) is -1.65. The van der Waals surface area contributed by atoms with Crippen LogP contribution in [-0.2, 0) is 16.6 Å². The number of nitrogens with zero attached hydrogens (tertiary/aromatic N) is 2. The second-order valence-corrected chi connectivity index (χ2v) is 7.85. The van der Waals surface area contributed by atoms with Crippen LogP contribution < -0.4 is 4.74 Å². The van der Waals surface area contributed by atoms with E-state index in [0.717, 1.165) is 18.4 Å². The predicted octanol–water partition coefficient (Wildman–Crippen LogP) is 2.44. The molecule has 0 saturated heterocycles. The zero-order valence-corrected chi connectivity index (χ0v) is 18.2. The van der Waals surface area contributed by atoms with E-state index in [1.54, 1.807) is 13.0 Å². The number of pyridine rings is 1. The van der Waals surface area contributed by atoms with Crippen LogP contribution in [0, 0.1) is 6.92 Å². The van der Waals surface area contributed by atoms with E-state index in [2.05, 4.69) is 15.0 Å². The first-order chi connectivity index (χ1) is 14.7. The summed E-state index contributed by atoms with van der Waals surface area (Å²) in [5, 5.41) is 16.5. The van der Waals surface area contributed by atoms with Crippen molar-refractivity contribution in [3.8, 4) is 5.75 Å². The van der Waals surface area contributed by atoms with E-state index in [1.807, 2.05) is 18.2 Å². The average molecular weight is 478 g/mol. The SMILES string of the molecule is Cc1c(OCC(F)(F)F)ccnc1C[S@@](=O)c1nc2ccccc2[nH]1.O.OCCCCO. The molecule has 3 rings (SSSR count). The first kappa shape index (κ1) is 27.5. The van der Waals surface area contributed by atoms with Gasteiger partial charge in [0, 0.05) is 25.0 Å². The van der Waals surface area contributed by atoms with Crippen molar-refractivity contribution in [3.63, 3.8) is 0 Å². The number of ether oxygens (including phenoxy) is 1. The maximum Gasteiger partial charge on any atom is 0.422 e. The van der Waals surface area contributed by atoms with Gasteiger partial charge in [-0.3, -0.25) is 9.19 Å². The Balaban J connectivity index is 0.000000648.